The Bertz CT molecular complexity index is 869. The van der Waals surface area contributed by atoms with E-state index in [0.717, 1.165) is 37.1 Å². The van der Waals surface area contributed by atoms with Crippen molar-refractivity contribution in [3.63, 3.8) is 0 Å². The monoisotopic (exact) mass is 422 g/mol. The van der Waals surface area contributed by atoms with Crippen molar-refractivity contribution in [2.45, 2.75) is 57.5 Å². The first-order chi connectivity index (χ1) is 13.7. The number of amides is 1. The van der Waals surface area contributed by atoms with Crippen LogP contribution in [0.2, 0.25) is 0 Å². The van der Waals surface area contributed by atoms with E-state index in [1.165, 1.54) is 4.31 Å². The van der Waals surface area contributed by atoms with E-state index in [9.17, 15) is 18.0 Å². The van der Waals surface area contributed by atoms with Gasteiger partial charge in [0.1, 0.15) is 0 Å². The van der Waals surface area contributed by atoms with Crippen molar-refractivity contribution in [3.8, 4) is 0 Å². The molecule has 0 aromatic heterocycles. The van der Waals surface area contributed by atoms with E-state index in [2.05, 4.69) is 0 Å². The third-order valence-electron chi connectivity index (χ3n) is 5.96. The summed E-state index contributed by atoms with van der Waals surface area (Å²) < 4.78 is 32.6. The topological polar surface area (TPSA) is 84.0 Å². The van der Waals surface area contributed by atoms with Gasteiger partial charge in [0.2, 0.25) is 10.0 Å². The van der Waals surface area contributed by atoms with Crippen molar-refractivity contribution < 1.29 is 22.7 Å². The zero-order chi connectivity index (χ0) is 21.2. The number of hydrogen-bond acceptors (Lipinski definition) is 5. The highest BCUT2D eigenvalue weighted by molar-refractivity contribution is 7.89. The Morgan fingerprint density at radius 2 is 1.66 bits per heavy atom. The maximum atomic E-state index is 12.9. The summed E-state index contributed by atoms with van der Waals surface area (Å²) in [6.45, 7) is 7.41. The summed E-state index contributed by atoms with van der Waals surface area (Å²) in [6, 6.07) is 5.13. The fourth-order valence-electron chi connectivity index (χ4n) is 3.87. The van der Waals surface area contributed by atoms with Gasteiger partial charge in [-0.25, -0.2) is 8.42 Å². The summed E-state index contributed by atoms with van der Waals surface area (Å²) in [6.07, 6.45) is 1.97. The Labute approximate surface area is 173 Å². The van der Waals surface area contributed by atoms with Crippen LogP contribution >= 0.6 is 0 Å². The SMILES string of the molecule is Cc1ccc(S(=O)(=O)N2CCC(C(=O)OC(C)C(=O)N3CCCC3)CC2)cc1C. The van der Waals surface area contributed by atoms with Gasteiger partial charge in [0.05, 0.1) is 10.8 Å². The predicted molar refractivity (Wildman–Crippen MR) is 109 cm³/mol. The predicted octanol–water partition coefficient (Wildman–Crippen LogP) is 2.26. The number of ether oxygens (including phenoxy) is 1. The molecule has 1 unspecified atom stereocenters. The lowest BCUT2D eigenvalue weighted by molar-refractivity contribution is -0.163. The first-order valence-corrected chi connectivity index (χ1v) is 11.7. The first kappa shape index (κ1) is 21.8. The Balaban J connectivity index is 1.56. The number of nitrogens with zero attached hydrogens (tertiary/aromatic N) is 2. The average molecular weight is 423 g/mol. The van der Waals surface area contributed by atoms with E-state index in [4.69, 9.17) is 4.74 Å². The molecule has 8 heteroatoms. The molecule has 0 radical (unpaired) electrons. The number of esters is 1. The molecule has 2 aliphatic rings. The standard InChI is InChI=1S/C21H30N2O5S/c1-15-6-7-19(14-16(15)2)29(26,27)23-12-8-18(9-13-23)21(25)28-17(3)20(24)22-10-4-5-11-22/h6-7,14,17-18H,4-5,8-13H2,1-3H3. The summed E-state index contributed by atoms with van der Waals surface area (Å²) in [5, 5.41) is 0. The smallest absolute Gasteiger partial charge is 0.309 e. The molecule has 1 aromatic carbocycles. The third-order valence-corrected chi connectivity index (χ3v) is 7.86. The minimum Gasteiger partial charge on any atom is -0.452 e. The fraction of sp³-hybridized carbons (Fsp3) is 0.619. The van der Waals surface area contributed by atoms with E-state index < -0.39 is 22.1 Å². The van der Waals surface area contributed by atoms with Crippen LogP contribution in [0.3, 0.4) is 0 Å². The van der Waals surface area contributed by atoms with Gasteiger partial charge in [0.15, 0.2) is 6.10 Å². The molecule has 2 fully saturated rings. The van der Waals surface area contributed by atoms with E-state index >= 15 is 0 Å². The molecule has 0 saturated carbocycles. The molecule has 1 amide bonds. The van der Waals surface area contributed by atoms with Crippen molar-refractivity contribution in [3.05, 3.63) is 29.3 Å². The van der Waals surface area contributed by atoms with Gasteiger partial charge in [0.25, 0.3) is 5.91 Å². The van der Waals surface area contributed by atoms with Crippen molar-refractivity contribution in [1.82, 2.24) is 9.21 Å². The minimum atomic E-state index is -3.58. The summed E-state index contributed by atoms with van der Waals surface area (Å²) in [5.41, 5.74) is 1.98. The number of rotatable bonds is 5. The molecule has 1 aromatic rings. The number of likely N-dealkylation sites (tertiary alicyclic amines) is 1. The van der Waals surface area contributed by atoms with Crippen LogP contribution < -0.4 is 0 Å². The number of carbonyl (C=O) groups excluding carboxylic acids is 2. The molecule has 3 rings (SSSR count). The molecule has 1 atom stereocenters. The second kappa shape index (κ2) is 8.83. The number of benzene rings is 1. The van der Waals surface area contributed by atoms with Gasteiger partial charge in [-0.2, -0.15) is 4.31 Å². The molecule has 0 N–H and O–H groups in total. The van der Waals surface area contributed by atoms with Crippen molar-refractivity contribution in [2.75, 3.05) is 26.2 Å². The minimum absolute atomic E-state index is 0.148. The molecule has 2 aliphatic heterocycles. The van der Waals surface area contributed by atoms with E-state index in [1.807, 2.05) is 19.9 Å². The van der Waals surface area contributed by atoms with Gasteiger partial charge >= 0.3 is 5.97 Å². The summed E-state index contributed by atoms with van der Waals surface area (Å²) in [4.78, 5) is 26.8. The van der Waals surface area contributed by atoms with Crippen LogP contribution in [0.15, 0.2) is 23.1 Å². The van der Waals surface area contributed by atoms with Crippen LogP contribution in [0.4, 0.5) is 0 Å². The summed E-state index contributed by atoms with van der Waals surface area (Å²) in [5.74, 6) is -0.936. The number of aryl methyl sites for hydroxylation is 2. The van der Waals surface area contributed by atoms with Gasteiger partial charge in [-0.1, -0.05) is 6.07 Å². The van der Waals surface area contributed by atoms with Gasteiger partial charge < -0.3 is 9.64 Å². The quantitative estimate of drug-likeness (QED) is 0.680. The fourth-order valence-corrected chi connectivity index (χ4v) is 5.43. The Hall–Kier alpha value is -1.93. The van der Waals surface area contributed by atoms with Crippen LogP contribution in [0.5, 0.6) is 0 Å². The average Bonchev–Trinajstić information content (AvgIpc) is 3.24. The lowest BCUT2D eigenvalue weighted by atomic mass is 9.98. The molecule has 2 heterocycles. The highest BCUT2D eigenvalue weighted by atomic mass is 32.2. The zero-order valence-electron chi connectivity index (χ0n) is 17.4. The second-order valence-corrected chi connectivity index (χ2v) is 9.97. The normalized spacial score (nSPS) is 19.9. The molecule has 29 heavy (non-hydrogen) atoms. The summed E-state index contributed by atoms with van der Waals surface area (Å²) in [7, 11) is -3.58. The van der Waals surface area contributed by atoms with Gasteiger partial charge in [-0.15, -0.1) is 0 Å². The Kier molecular flexibility index (Phi) is 6.63. The maximum Gasteiger partial charge on any atom is 0.309 e. The Morgan fingerprint density at radius 1 is 1.03 bits per heavy atom. The molecular formula is C21H30N2O5S. The van der Waals surface area contributed by atoms with Crippen LogP contribution in [-0.2, 0) is 24.3 Å². The van der Waals surface area contributed by atoms with Crippen molar-refractivity contribution in [1.29, 1.82) is 0 Å². The third kappa shape index (κ3) is 4.80. The molecule has 160 valence electrons. The van der Waals surface area contributed by atoms with E-state index in [0.29, 0.717) is 12.8 Å². The van der Waals surface area contributed by atoms with Crippen molar-refractivity contribution >= 4 is 21.9 Å². The Morgan fingerprint density at radius 3 is 2.24 bits per heavy atom. The molecule has 0 bridgehead atoms. The largest absolute Gasteiger partial charge is 0.452 e. The molecular weight excluding hydrogens is 392 g/mol. The van der Waals surface area contributed by atoms with Crippen LogP contribution in [0.25, 0.3) is 0 Å². The highest BCUT2D eigenvalue weighted by Gasteiger charge is 2.34. The molecule has 0 aliphatic carbocycles. The lowest BCUT2D eigenvalue weighted by Crippen LogP contribution is -2.43. The molecule has 7 nitrogen and oxygen atoms in total. The maximum absolute atomic E-state index is 12.9. The zero-order valence-corrected chi connectivity index (χ0v) is 18.2. The number of carbonyl (C=O) groups is 2. The van der Waals surface area contributed by atoms with Gasteiger partial charge in [-0.3, -0.25) is 9.59 Å². The second-order valence-electron chi connectivity index (χ2n) is 8.04. The van der Waals surface area contributed by atoms with Crippen LogP contribution in [-0.4, -0.2) is 61.8 Å². The molecule has 2 saturated heterocycles. The van der Waals surface area contributed by atoms with Gasteiger partial charge in [-0.05, 0) is 69.7 Å². The van der Waals surface area contributed by atoms with Gasteiger partial charge in [0, 0.05) is 26.2 Å². The lowest BCUT2D eigenvalue weighted by Gasteiger charge is -2.31. The van der Waals surface area contributed by atoms with E-state index in [1.54, 1.807) is 24.0 Å². The number of piperidine rings is 1. The van der Waals surface area contributed by atoms with E-state index in [-0.39, 0.29) is 29.8 Å². The van der Waals surface area contributed by atoms with Crippen LogP contribution in [0.1, 0.15) is 43.7 Å². The molecule has 0 spiro atoms. The first-order valence-electron chi connectivity index (χ1n) is 10.3. The number of hydrogen-bond donors (Lipinski definition) is 0. The summed E-state index contributed by atoms with van der Waals surface area (Å²) >= 11 is 0. The highest BCUT2D eigenvalue weighted by Crippen LogP contribution is 2.26. The van der Waals surface area contributed by atoms with Crippen LogP contribution in [0, 0.1) is 19.8 Å². The number of sulfonamides is 1. The van der Waals surface area contributed by atoms with Crippen molar-refractivity contribution in [2.24, 2.45) is 5.92 Å².